The van der Waals surface area contributed by atoms with Gasteiger partial charge in [0.25, 0.3) is 0 Å². The van der Waals surface area contributed by atoms with E-state index in [1.807, 2.05) is 6.07 Å². The Morgan fingerprint density at radius 1 is 0.943 bits per heavy atom. The molecular weight excluding hydrogens is 471 g/mol. The fourth-order valence-electron chi connectivity index (χ4n) is 4.93. The standard InChI is InChI=1S/C28H25ClF3N3/c1-16(2)35-12-9-17(10-13-35)25-15-21(19-7-6-18(30)14-22(19)29)20-8-11-33-28(27(20)34-25)26-23(31)4-3-5-24(26)32/h3-8,11,14-17H,9-10,12-13H2,1-2H3. The summed E-state index contributed by atoms with van der Waals surface area (Å²) in [4.78, 5) is 11.7. The summed E-state index contributed by atoms with van der Waals surface area (Å²) in [5.41, 5.74) is 2.51. The van der Waals surface area contributed by atoms with Crippen LogP contribution in [0.15, 0.2) is 54.7 Å². The number of likely N-dealkylation sites (tertiary alicyclic amines) is 1. The van der Waals surface area contributed by atoms with E-state index in [2.05, 4.69) is 23.7 Å². The molecule has 1 aliphatic heterocycles. The van der Waals surface area contributed by atoms with Crippen molar-refractivity contribution in [3.63, 3.8) is 0 Å². The first-order valence-electron chi connectivity index (χ1n) is 11.8. The third-order valence-corrected chi connectivity index (χ3v) is 7.16. The first-order valence-corrected chi connectivity index (χ1v) is 12.1. The van der Waals surface area contributed by atoms with E-state index in [1.54, 1.807) is 12.1 Å². The molecule has 2 aromatic heterocycles. The minimum absolute atomic E-state index is 0.138. The Kier molecular flexibility index (Phi) is 6.51. The van der Waals surface area contributed by atoms with E-state index in [0.717, 1.165) is 37.2 Å². The molecule has 0 spiro atoms. The molecule has 180 valence electrons. The largest absolute Gasteiger partial charge is 0.301 e. The molecule has 1 fully saturated rings. The Bertz CT molecular complexity index is 1380. The van der Waals surface area contributed by atoms with Crippen LogP contribution >= 0.6 is 11.6 Å². The highest BCUT2D eigenvalue weighted by Gasteiger charge is 2.26. The molecule has 0 bridgehead atoms. The van der Waals surface area contributed by atoms with Gasteiger partial charge in [-0.05, 0) is 87.8 Å². The van der Waals surface area contributed by atoms with Gasteiger partial charge in [0.05, 0.1) is 16.1 Å². The van der Waals surface area contributed by atoms with Crippen molar-refractivity contribution in [2.24, 2.45) is 0 Å². The molecule has 0 aliphatic carbocycles. The van der Waals surface area contributed by atoms with E-state index in [4.69, 9.17) is 16.6 Å². The van der Waals surface area contributed by atoms with Crippen LogP contribution in [-0.2, 0) is 0 Å². The third-order valence-electron chi connectivity index (χ3n) is 6.85. The minimum atomic E-state index is -0.705. The average molecular weight is 496 g/mol. The summed E-state index contributed by atoms with van der Waals surface area (Å²) in [6.45, 7) is 6.25. The number of nitrogens with zero attached hydrogens (tertiary/aromatic N) is 3. The highest BCUT2D eigenvalue weighted by molar-refractivity contribution is 6.33. The second-order valence-corrected chi connectivity index (χ2v) is 9.68. The van der Waals surface area contributed by atoms with Crippen LogP contribution in [0, 0.1) is 17.5 Å². The smallest absolute Gasteiger partial charge is 0.135 e. The molecule has 3 nitrogen and oxygen atoms in total. The monoisotopic (exact) mass is 495 g/mol. The second kappa shape index (κ2) is 9.59. The SMILES string of the molecule is CC(C)N1CCC(c2cc(-c3ccc(F)cc3Cl)c3ccnc(-c4c(F)cccc4F)c3n2)CC1. The van der Waals surface area contributed by atoms with Gasteiger partial charge in [0.2, 0.25) is 0 Å². The maximum Gasteiger partial charge on any atom is 0.135 e. The Labute approximate surface area is 207 Å². The van der Waals surface area contributed by atoms with Crippen LogP contribution < -0.4 is 0 Å². The molecule has 35 heavy (non-hydrogen) atoms. The van der Waals surface area contributed by atoms with E-state index in [0.29, 0.717) is 22.5 Å². The lowest BCUT2D eigenvalue weighted by Crippen LogP contribution is -2.38. The van der Waals surface area contributed by atoms with Gasteiger partial charge in [-0.3, -0.25) is 9.97 Å². The zero-order valence-electron chi connectivity index (χ0n) is 19.5. The van der Waals surface area contributed by atoms with Gasteiger partial charge >= 0.3 is 0 Å². The Hall–Kier alpha value is -2.96. The molecular formula is C28H25ClF3N3. The number of hydrogen-bond donors (Lipinski definition) is 0. The van der Waals surface area contributed by atoms with Gasteiger partial charge in [0.1, 0.15) is 23.1 Å². The molecule has 0 amide bonds. The predicted octanol–water partition coefficient (Wildman–Crippen LogP) is 7.62. The highest BCUT2D eigenvalue weighted by atomic mass is 35.5. The van der Waals surface area contributed by atoms with Gasteiger partial charge in [0, 0.05) is 34.8 Å². The molecule has 2 aromatic carbocycles. The molecule has 0 unspecified atom stereocenters. The number of benzene rings is 2. The fourth-order valence-corrected chi connectivity index (χ4v) is 5.20. The van der Waals surface area contributed by atoms with Gasteiger partial charge in [-0.15, -0.1) is 0 Å². The van der Waals surface area contributed by atoms with Crippen LogP contribution in [0.25, 0.3) is 33.3 Å². The Balaban J connectivity index is 1.74. The van der Waals surface area contributed by atoms with Crippen molar-refractivity contribution in [3.8, 4) is 22.4 Å². The number of piperidine rings is 1. The molecule has 4 aromatic rings. The van der Waals surface area contributed by atoms with Gasteiger partial charge in [0.15, 0.2) is 0 Å². The van der Waals surface area contributed by atoms with E-state index >= 15 is 0 Å². The summed E-state index contributed by atoms with van der Waals surface area (Å²) in [7, 11) is 0. The molecule has 5 rings (SSSR count). The molecule has 0 atom stereocenters. The number of hydrogen-bond acceptors (Lipinski definition) is 3. The van der Waals surface area contributed by atoms with E-state index < -0.39 is 17.5 Å². The molecule has 0 saturated carbocycles. The number of aromatic nitrogens is 2. The van der Waals surface area contributed by atoms with Crippen LogP contribution in [0.4, 0.5) is 13.2 Å². The predicted molar refractivity (Wildman–Crippen MR) is 134 cm³/mol. The fraction of sp³-hybridized carbons (Fsp3) is 0.286. The second-order valence-electron chi connectivity index (χ2n) is 9.28. The summed E-state index contributed by atoms with van der Waals surface area (Å²) in [5, 5.41) is 0.906. The Morgan fingerprint density at radius 3 is 2.31 bits per heavy atom. The van der Waals surface area contributed by atoms with E-state index in [9.17, 15) is 13.2 Å². The van der Waals surface area contributed by atoms with Crippen LogP contribution in [0.2, 0.25) is 5.02 Å². The normalized spacial score (nSPS) is 15.3. The molecule has 3 heterocycles. The quantitative estimate of drug-likeness (QED) is 0.291. The lowest BCUT2D eigenvalue weighted by atomic mass is 9.89. The van der Waals surface area contributed by atoms with E-state index in [-0.39, 0.29) is 22.2 Å². The highest BCUT2D eigenvalue weighted by Crippen LogP contribution is 2.40. The number of rotatable bonds is 4. The number of halogens is 4. The van der Waals surface area contributed by atoms with Crippen molar-refractivity contribution in [1.82, 2.24) is 14.9 Å². The molecule has 0 radical (unpaired) electrons. The van der Waals surface area contributed by atoms with Crippen molar-refractivity contribution in [2.45, 2.75) is 38.6 Å². The lowest BCUT2D eigenvalue weighted by molar-refractivity contribution is 0.171. The first-order chi connectivity index (χ1) is 16.8. The number of pyridine rings is 2. The van der Waals surface area contributed by atoms with Gasteiger partial charge in [-0.1, -0.05) is 17.7 Å². The zero-order chi connectivity index (χ0) is 24.7. The van der Waals surface area contributed by atoms with Crippen molar-refractivity contribution >= 4 is 22.5 Å². The van der Waals surface area contributed by atoms with Crippen LogP contribution in [0.3, 0.4) is 0 Å². The van der Waals surface area contributed by atoms with Gasteiger partial charge in [-0.2, -0.15) is 0 Å². The van der Waals surface area contributed by atoms with Crippen molar-refractivity contribution < 1.29 is 13.2 Å². The van der Waals surface area contributed by atoms with Crippen molar-refractivity contribution in [1.29, 1.82) is 0 Å². The maximum absolute atomic E-state index is 14.8. The summed E-state index contributed by atoms with van der Waals surface area (Å²) < 4.78 is 43.4. The summed E-state index contributed by atoms with van der Waals surface area (Å²) in [5.74, 6) is -1.67. The molecule has 1 saturated heterocycles. The van der Waals surface area contributed by atoms with Crippen LogP contribution in [0.1, 0.15) is 38.3 Å². The summed E-state index contributed by atoms with van der Waals surface area (Å²) in [6, 6.07) is 12.2. The Morgan fingerprint density at radius 2 is 1.66 bits per heavy atom. The summed E-state index contributed by atoms with van der Waals surface area (Å²) >= 11 is 6.46. The topological polar surface area (TPSA) is 29.0 Å². The first kappa shape index (κ1) is 23.8. The maximum atomic E-state index is 14.8. The minimum Gasteiger partial charge on any atom is -0.301 e. The van der Waals surface area contributed by atoms with Gasteiger partial charge < -0.3 is 4.90 Å². The van der Waals surface area contributed by atoms with Crippen molar-refractivity contribution in [3.05, 3.63) is 82.9 Å². The summed E-state index contributed by atoms with van der Waals surface area (Å²) in [6.07, 6.45) is 3.33. The van der Waals surface area contributed by atoms with E-state index in [1.165, 1.54) is 36.5 Å². The molecule has 0 N–H and O–H groups in total. The molecule has 1 aliphatic rings. The van der Waals surface area contributed by atoms with Crippen molar-refractivity contribution in [2.75, 3.05) is 13.1 Å². The van der Waals surface area contributed by atoms with Gasteiger partial charge in [-0.25, -0.2) is 13.2 Å². The lowest BCUT2D eigenvalue weighted by Gasteiger charge is -2.34. The zero-order valence-corrected chi connectivity index (χ0v) is 20.3. The average Bonchev–Trinajstić information content (AvgIpc) is 2.84. The number of fused-ring (bicyclic) bond motifs is 1. The van der Waals surface area contributed by atoms with Crippen LogP contribution in [-0.4, -0.2) is 34.0 Å². The third kappa shape index (κ3) is 4.53. The van der Waals surface area contributed by atoms with Crippen LogP contribution in [0.5, 0.6) is 0 Å². The molecule has 7 heteroatoms.